The minimum atomic E-state index is -0.491. The monoisotopic (exact) mass is 1040 g/mol. The molecule has 4 heterocycles. The number of thiophene rings is 2. The molecule has 362 valence electrons. The van der Waals surface area contributed by atoms with Gasteiger partial charge in [0.05, 0.1) is 40.6 Å². The molecule has 2 aliphatic rings. The molecule has 0 aliphatic carbocycles. The Morgan fingerprint density at radius 1 is 0.422 bits per heavy atom. The molecule has 2 aromatic rings. The van der Waals surface area contributed by atoms with E-state index in [4.69, 9.17) is 0 Å². The van der Waals surface area contributed by atoms with Gasteiger partial charge < -0.3 is 9.80 Å². The molecule has 4 rings (SSSR count). The molecule has 0 radical (unpaired) electrons. The summed E-state index contributed by atoms with van der Waals surface area (Å²) < 4.78 is 2.14. The number of hydrogen-bond acceptors (Lipinski definition) is 4. The van der Waals surface area contributed by atoms with Crippen molar-refractivity contribution in [3.05, 3.63) is 53.7 Å². The van der Waals surface area contributed by atoms with Gasteiger partial charge in [-0.15, -0.1) is 22.7 Å². The number of amides is 2. The molecule has 2 aromatic heterocycles. The minimum Gasteiger partial charge on any atom is -0.310 e. The molecule has 0 saturated carbocycles. The van der Waals surface area contributed by atoms with Gasteiger partial charge in [-0.05, 0) is 106 Å². The van der Waals surface area contributed by atoms with Gasteiger partial charge in [0.15, 0.2) is 0 Å². The zero-order valence-electron chi connectivity index (χ0n) is 41.1. The zero-order chi connectivity index (χ0) is 45.8. The number of carbonyl (C=O) groups excluding carboxylic acids is 2. The van der Waals surface area contributed by atoms with E-state index in [1.54, 1.807) is 22.7 Å². The Hall–Kier alpha value is -1.22. The second kappa shape index (κ2) is 33.3. The SMILES string of the molecule is CCCCCCCCCCC(CCCCCCCC)CN1C(=O)C(C2C=C(c3ccc(Br)s3)N(CC(CCCCCCCC)CCCCCCCCCC)C2=O)C=C1c1ccc(Br)s1. The van der Waals surface area contributed by atoms with Crippen LogP contribution in [0.2, 0.25) is 0 Å². The number of nitrogens with zero attached hydrogens (tertiary/aromatic N) is 2. The maximum Gasteiger partial charge on any atom is 0.235 e. The molecule has 0 fully saturated rings. The summed E-state index contributed by atoms with van der Waals surface area (Å²) >= 11 is 10.9. The third kappa shape index (κ3) is 19.8. The second-order valence-electron chi connectivity index (χ2n) is 19.6. The minimum absolute atomic E-state index is 0.120. The number of hydrogen-bond donors (Lipinski definition) is 0. The molecular weight excluding hydrogens is 957 g/mol. The van der Waals surface area contributed by atoms with Gasteiger partial charge in [-0.2, -0.15) is 0 Å². The van der Waals surface area contributed by atoms with Crippen LogP contribution in [0.3, 0.4) is 0 Å². The predicted octanol–water partition coefficient (Wildman–Crippen LogP) is 19.4. The normalized spacial score (nSPS) is 17.5. The third-order valence-corrected chi connectivity index (χ3v) is 17.4. The van der Waals surface area contributed by atoms with Crippen molar-refractivity contribution < 1.29 is 9.59 Å². The van der Waals surface area contributed by atoms with Crippen LogP contribution in [0.4, 0.5) is 0 Å². The Morgan fingerprint density at radius 2 is 0.688 bits per heavy atom. The van der Waals surface area contributed by atoms with Crippen LogP contribution in [0.5, 0.6) is 0 Å². The Balaban J connectivity index is 1.54. The van der Waals surface area contributed by atoms with Gasteiger partial charge in [-0.1, -0.05) is 207 Å². The first-order chi connectivity index (χ1) is 31.3. The molecule has 0 aromatic carbocycles. The van der Waals surface area contributed by atoms with Crippen molar-refractivity contribution >= 4 is 77.7 Å². The average Bonchev–Trinajstić information content (AvgIpc) is 4.07. The van der Waals surface area contributed by atoms with Gasteiger partial charge in [0.1, 0.15) is 0 Å². The highest BCUT2D eigenvalue weighted by atomic mass is 79.9. The van der Waals surface area contributed by atoms with E-state index in [9.17, 15) is 0 Å². The third-order valence-electron chi connectivity index (χ3n) is 14.1. The maximum absolute atomic E-state index is 15.1. The zero-order valence-corrected chi connectivity index (χ0v) is 45.9. The Kier molecular flexibility index (Phi) is 28.8. The summed E-state index contributed by atoms with van der Waals surface area (Å²) in [7, 11) is 0. The average molecular weight is 1050 g/mol. The van der Waals surface area contributed by atoms with Crippen LogP contribution in [0, 0.1) is 23.7 Å². The van der Waals surface area contributed by atoms with Crippen LogP contribution >= 0.6 is 54.5 Å². The molecule has 8 heteroatoms. The highest BCUT2D eigenvalue weighted by Gasteiger charge is 2.46. The quantitative estimate of drug-likeness (QED) is 0.0626. The fourth-order valence-corrected chi connectivity index (χ4v) is 13.1. The van der Waals surface area contributed by atoms with Gasteiger partial charge in [0.2, 0.25) is 11.8 Å². The lowest BCUT2D eigenvalue weighted by Gasteiger charge is -2.29. The molecule has 2 aliphatic heterocycles. The van der Waals surface area contributed by atoms with E-state index in [0.29, 0.717) is 11.8 Å². The van der Waals surface area contributed by atoms with Gasteiger partial charge >= 0.3 is 0 Å². The first kappa shape index (κ1) is 55.4. The van der Waals surface area contributed by atoms with Gasteiger partial charge in [0.25, 0.3) is 0 Å². The summed E-state index contributed by atoms with van der Waals surface area (Å²) in [6, 6.07) is 8.54. The lowest BCUT2D eigenvalue weighted by Crippen LogP contribution is -2.39. The first-order valence-corrected chi connectivity index (χ1v) is 30.1. The van der Waals surface area contributed by atoms with Crippen molar-refractivity contribution in [2.45, 2.75) is 233 Å². The van der Waals surface area contributed by atoms with Crippen molar-refractivity contribution in [1.29, 1.82) is 0 Å². The van der Waals surface area contributed by atoms with Crippen LogP contribution in [-0.2, 0) is 9.59 Å². The molecular formula is C56H90Br2N2O2S2. The number of halogens is 2. The highest BCUT2D eigenvalue weighted by Crippen LogP contribution is 2.45. The van der Waals surface area contributed by atoms with Crippen LogP contribution in [0.25, 0.3) is 11.4 Å². The Labute approximate surface area is 417 Å². The van der Waals surface area contributed by atoms with E-state index in [1.807, 2.05) is 0 Å². The summed E-state index contributed by atoms with van der Waals surface area (Å²) in [6.07, 6.45) is 45.7. The smallest absolute Gasteiger partial charge is 0.235 e. The molecule has 0 N–H and O–H groups in total. The molecule has 0 spiro atoms. The predicted molar refractivity (Wildman–Crippen MR) is 288 cm³/mol. The standard InChI is InChI=1S/C56H90Br2N2O2S2/c1-5-9-13-17-21-23-27-31-35-45(33-29-25-19-15-11-7-3)43-59-49(51-37-39-53(57)63-51)41-47(55(59)61)48-42-50(52-38-40-54(58)64-52)60(56(48)62)44-46(34-30-26-20-16-12-8-4)36-32-28-24-22-18-14-10-6-2/h37-42,45-48H,5-36,43-44H2,1-4H3. The summed E-state index contributed by atoms with van der Waals surface area (Å²) in [4.78, 5) is 36.7. The van der Waals surface area contributed by atoms with Crippen molar-refractivity contribution in [2.24, 2.45) is 23.7 Å². The molecule has 0 saturated heterocycles. The fourth-order valence-electron chi connectivity index (χ4n) is 10.2. The van der Waals surface area contributed by atoms with Crippen molar-refractivity contribution in [3.63, 3.8) is 0 Å². The van der Waals surface area contributed by atoms with E-state index >= 15 is 9.59 Å². The molecule has 2 amide bonds. The van der Waals surface area contributed by atoms with Crippen molar-refractivity contribution in [3.8, 4) is 0 Å². The van der Waals surface area contributed by atoms with Crippen LogP contribution < -0.4 is 0 Å². The number of rotatable bonds is 39. The summed E-state index contributed by atoms with van der Waals surface area (Å²) in [5, 5.41) is 0. The molecule has 4 atom stereocenters. The van der Waals surface area contributed by atoms with E-state index in [1.165, 1.54) is 205 Å². The molecule has 4 unspecified atom stereocenters. The number of carbonyl (C=O) groups is 2. The summed E-state index contributed by atoms with van der Waals surface area (Å²) in [5.41, 5.74) is 2.04. The van der Waals surface area contributed by atoms with Crippen molar-refractivity contribution in [2.75, 3.05) is 13.1 Å². The van der Waals surface area contributed by atoms with Gasteiger partial charge in [-0.25, -0.2) is 0 Å². The molecule has 4 nitrogen and oxygen atoms in total. The van der Waals surface area contributed by atoms with E-state index in [2.05, 4.69) is 106 Å². The highest BCUT2D eigenvalue weighted by molar-refractivity contribution is 9.11. The molecule has 64 heavy (non-hydrogen) atoms. The Morgan fingerprint density at radius 3 is 0.938 bits per heavy atom. The maximum atomic E-state index is 15.1. The van der Waals surface area contributed by atoms with E-state index in [-0.39, 0.29) is 11.8 Å². The summed E-state index contributed by atoms with van der Waals surface area (Å²) in [5.74, 6) is 0.183. The summed E-state index contributed by atoms with van der Waals surface area (Å²) in [6.45, 7) is 10.7. The lowest BCUT2D eigenvalue weighted by molar-refractivity contribution is -0.138. The largest absolute Gasteiger partial charge is 0.310 e. The first-order valence-electron chi connectivity index (χ1n) is 26.9. The molecule has 0 bridgehead atoms. The fraction of sp³-hybridized carbons (Fsp3) is 0.750. The van der Waals surface area contributed by atoms with E-state index in [0.717, 1.165) is 41.8 Å². The topological polar surface area (TPSA) is 40.6 Å². The Bertz CT molecular complexity index is 1510. The van der Waals surface area contributed by atoms with Gasteiger partial charge in [-0.3, -0.25) is 9.59 Å². The van der Waals surface area contributed by atoms with Gasteiger partial charge in [0, 0.05) is 13.1 Å². The number of unbranched alkanes of at least 4 members (excludes halogenated alkanes) is 24. The van der Waals surface area contributed by atoms with Crippen molar-refractivity contribution in [1.82, 2.24) is 9.80 Å². The van der Waals surface area contributed by atoms with Crippen LogP contribution in [0.15, 0.2) is 44.0 Å². The van der Waals surface area contributed by atoms with E-state index < -0.39 is 11.8 Å². The second-order valence-corrected chi connectivity index (χ2v) is 24.6. The lowest BCUT2D eigenvalue weighted by atomic mass is 9.91. The van der Waals surface area contributed by atoms with Crippen LogP contribution in [0.1, 0.15) is 243 Å². The van der Waals surface area contributed by atoms with Crippen LogP contribution in [-0.4, -0.2) is 34.7 Å².